The van der Waals surface area contributed by atoms with Gasteiger partial charge in [0.25, 0.3) is 0 Å². The average molecular weight is 229 g/mol. The van der Waals surface area contributed by atoms with E-state index >= 15 is 0 Å². The van der Waals surface area contributed by atoms with Gasteiger partial charge in [0.2, 0.25) is 0 Å². The Balaban J connectivity index is 2.93. The smallest absolute Gasteiger partial charge is 0.129 e. The molecular weight excluding hydrogens is 212 g/mol. The van der Waals surface area contributed by atoms with Gasteiger partial charge in [-0.3, -0.25) is 0 Å². The van der Waals surface area contributed by atoms with Crippen LogP contribution in [0.15, 0.2) is 18.2 Å². The Morgan fingerprint density at radius 1 is 1.38 bits per heavy atom. The lowest BCUT2D eigenvalue weighted by atomic mass is 9.91. The van der Waals surface area contributed by atoms with E-state index in [1.807, 2.05) is 6.92 Å². The maximum absolute atomic E-state index is 13.4. The van der Waals surface area contributed by atoms with E-state index in [-0.39, 0.29) is 18.0 Å². The van der Waals surface area contributed by atoms with E-state index in [4.69, 9.17) is 5.73 Å². The average Bonchev–Trinajstić information content (AvgIpc) is 2.28. The molecule has 0 aliphatic heterocycles. The van der Waals surface area contributed by atoms with Gasteiger partial charge in [-0.05, 0) is 31.2 Å². The molecule has 16 heavy (non-hydrogen) atoms. The first kappa shape index (κ1) is 13.1. The standard InChI is InChI=1S/C12H17F2NO/c1-2-3-8(7-15)12(16)10-6-9(13)4-5-11(10)14/h4-6,8,12,16H,2-3,7,15H2,1H3. The van der Waals surface area contributed by atoms with Gasteiger partial charge in [0.05, 0.1) is 6.10 Å². The van der Waals surface area contributed by atoms with E-state index in [0.29, 0.717) is 6.42 Å². The van der Waals surface area contributed by atoms with Crippen molar-refractivity contribution in [1.82, 2.24) is 0 Å². The Labute approximate surface area is 94.1 Å². The van der Waals surface area contributed by atoms with E-state index < -0.39 is 17.7 Å². The van der Waals surface area contributed by atoms with Crippen LogP contribution in [0.1, 0.15) is 31.4 Å². The maximum atomic E-state index is 13.4. The fraction of sp³-hybridized carbons (Fsp3) is 0.500. The zero-order valence-corrected chi connectivity index (χ0v) is 9.29. The summed E-state index contributed by atoms with van der Waals surface area (Å²) in [6.07, 6.45) is 0.490. The van der Waals surface area contributed by atoms with Crippen molar-refractivity contribution in [1.29, 1.82) is 0 Å². The molecule has 2 nitrogen and oxygen atoms in total. The monoisotopic (exact) mass is 229 g/mol. The third kappa shape index (κ3) is 3.00. The van der Waals surface area contributed by atoms with Gasteiger partial charge in [-0.25, -0.2) is 8.78 Å². The largest absolute Gasteiger partial charge is 0.388 e. The van der Waals surface area contributed by atoms with Crippen molar-refractivity contribution in [2.24, 2.45) is 11.7 Å². The van der Waals surface area contributed by atoms with Crippen molar-refractivity contribution < 1.29 is 13.9 Å². The second-order valence-electron chi connectivity index (χ2n) is 3.90. The summed E-state index contributed by atoms with van der Waals surface area (Å²) in [7, 11) is 0. The predicted molar refractivity (Wildman–Crippen MR) is 58.8 cm³/mol. The summed E-state index contributed by atoms with van der Waals surface area (Å²) >= 11 is 0. The number of benzene rings is 1. The SMILES string of the molecule is CCCC(CN)C(O)c1cc(F)ccc1F. The summed E-state index contributed by atoms with van der Waals surface area (Å²) < 4.78 is 26.3. The number of nitrogens with two attached hydrogens (primary N) is 1. The first-order valence-electron chi connectivity index (χ1n) is 5.43. The van der Waals surface area contributed by atoms with E-state index in [0.717, 1.165) is 24.6 Å². The highest BCUT2D eigenvalue weighted by Gasteiger charge is 2.22. The molecule has 0 spiro atoms. The van der Waals surface area contributed by atoms with Crippen LogP contribution in [0.3, 0.4) is 0 Å². The molecule has 2 unspecified atom stereocenters. The summed E-state index contributed by atoms with van der Waals surface area (Å²) in [5, 5.41) is 9.93. The minimum absolute atomic E-state index is 0.0103. The molecule has 0 fully saturated rings. The lowest BCUT2D eigenvalue weighted by Gasteiger charge is -2.21. The Kier molecular flexibility index (Phi) is 4.83. The highest BCUT2D eigenvalue weighted by Crippen LogP contribution is 2.27. The lowest BCUT2D eigenvalue weighted by Crippen LogP contribution is -2.22. The topological polar surface area (TPSA) is 46.2 Å². The van der Waals surface area contributed by atoms with E-state index in [2.05, 4.69) is 0 Å². The molecule has 4 heteroatoms. The minimum Gasteiger partial charge on any atom is -0.388 e. The van der Waals surface area contributed by atoms with Gasteiger partial charge in [-0.1, -0.05) is 13.3 Å². The quantitative estimate of drug-likeness (QED) is 0.814. The summed E-state index contributed by atoms with van der Waals surface area (Å²) in [6, 6.07) is 3.08. The number of halogens is 2. The molecule has 0 saturated heterocycles. The van der Waals surface area contributed by atoms with Crippen LogP contribution in [0, 0.1) is 17.6 Å². The van der Waals surface area contributed by atoms with Crippen molar-refractivity contribution in [3.05, 3.63) is 35.4 Å². The van der Waals surface area contributed by atoms with Crippen LogP contribution in [0.2, 0.25) is 0 Å². The minimum atomic E-state index is -1.04. The Morgan fingerprint density at radius 2 is 2.06 bits per heavy atom. The molecule has 1 aromatic rings. The van der Waals surface area contributed by atoms with Gasteiger partial charge < -0.3 is 10.8 Å². The highest BCUT2D eigenvalue weighted by atomic mass is 19.1. The van der Waals surface area contributed by atoms with Crippen LogP contribution in [0.25, 0.3) is 0 Å². The molecule has 2 atom stereocenters. The van der Waals surface area contributed by atoms with E-state index in [1.54, 1.807) is 0 Å². The van der Waals surface area contributed by atoms with Crippen LogP contribution < -0.4 is 5.73 Å². The molecule has 0 aromatic heterocycles. The number of hydrogen-bond donors (Lipinski definition) is 2. The van der Waals surface area contributed by atoms with Gasteiger partial charge >= 0.3 is 0 Å². The van der Waals surface area contributed by atoms with Gasteiger partial charge in [0.1, 0.15) is 11.6 Å². The number of aliphatic hydroxyl groups excluding tert-OH is 1. The summed E-state index contributed by atoms with van der Waals surface area (Å²) in [5.41, 5.74) is 5.50. The normalized spacial score (nSPS) is 14.8. The van der Waals surface area contributed by atoms with Crippen molar-refractivity contribution in [2.75, 3.05) is 6.54 Å². The van der Waals surface area contributed by atoms with Crippen LogP contribution in [0.5, 0.6) is 0 Å². The van der Waals surface area contributed by atoms with Gasteiger partial charge in [0, 0.05) is 11.5 Å². The predicted octanol–water partition coefficient (Wildman–Crippen LogP) is 2.37. The highest BCUT2D eigenvalue weighted by molar-refractivity contribution is 5.21. The fourth-order valence-electron chi connectivity index (χ4n) is 1.77. The number of hydrogen-bond acceptors (Lipinski definition) is 2. The molecule has 1 rings (SSSR count). The van der Waals surface area contributed by atoms with Crippen molar-refractivity contribution in [3.63, 3.8) is 0 Å². The first-order valence-corrected chi connectivity index (χ1v) is 5.43. The molecule has 0 aliphatic rings. The second-order valence-corrected chi connectivity index (χ2v) is 3.90. The van der Waals surface area contributed by atoms with Gasteiger partial charge in [-0.2, -0.15) is 0 Å². The molecule has 0 heterocycles. The lowest BCUT2D eigenvalue weighted by molar-refractivity contribution is 0.103. The Morgan fingerprint density at radius 3 is 2.62 bits per heavy atom. The van der Waals surface area contributed by atoms with Crippen LogP contribution >= 0.6 is 0 Å². The Bertz CT molecular complexity index is 344. The molecule has 0 amide bonds. The molecule has 0 radical (unpaired) electrons. The van der Waals surface area contributed by atoms with Gasteiger partial charge in [0.15, 0.2) is 0 Å². The van der Waals surface area contributed by atoms with Crippen LogP contribution in [0.4, 0.5) is 8.78 Å². The zero-order valence-electron chi connectivity index (χ0n) is 9.29. The summed E-state index contributed by atoms with van der Waals surface area (Å²) in [5.74, 6) is -1.38. The summed E-state index contributed by atoms with van der Waals surface area (Å²) in [4.78, 5) is 0. The van der Waals surface area contributed by atoms with E-state index in [9.17, 15) is 13.9 Å². The van der Waals surface area contributed by atoms with E-state index in [1.165, 1.54) is 0 Å². The first-order chi connectivity index (χ1) is 7.60. The third-order valence-electron chi connectivity index (χ3n) is 2.69. The fourth-order valence-corrected chi connectivity index (χ4v) is 1.77. The van der Waals surface area contributed by atoms with Crippen LogP contribution in [-0.2, 0) is 0 Å². The van der Waals surface area contributed by atoms with Gasteiger partial charge in [-0.15, -0.1) is 0 Å². The second kappa shape index (κ2) is 5.92. The molecule has 0 bridgehead atoms. The molecule has 3 N–H and O–H groups in total. The molecule has 1 aromatic carbocycles. The molecule has 0 saturated carbocycles. The number of aliphatic hydroxyl groups is 1. The summed E-state index contributed by atoms with van der Waals surface area (Å²) in [6.45, 7) is 2.21. The zero-order chi connectivity index (χ0) is 12.1. The molecule has 90 valence electrons. The number of rotatable bonds is 5. The van der Waals surface area contributed by atoms with Crippen LogP contribution in [-0.4, -0.2) is 11.7 Å². The van der Waals surface area contributed by atoms with Crippen molar-refractivity contribution in [3.8, 4) is 0 Å². The molecule has 0 aliphatic carbocycles. The molecular formula is C12H17F2NO. The third-order valence-corrected chi connectivity index (χ3v) is 2.69. The maximum Gasteiger partial charge on any atom is 0.129 e. The van der Waals surface area contributed by atoms with Crippen molar-refractivity contribution >= 4 is 0 Å². The Hall–Kier alpha value is -1.00. The van der Waals surface area contributed by atoms with Crippen molar-refractivity contribution in [2.45, 2.75) is 25.9 Å².